The van der Waals surface area contributed by atoms with Gasteiger partial charge in [0.05, 0.1) is 6.04 Å². The predicted molar refractivity (Wildman–Crippen MR) is 148 cm³/mol. The highest BCUT2D eigenvalue weighted by Crippen LogP contribution is 2.29. The van der Waals surface area contributed by atoms with Crippen LogP contribution in [0.15, 0.2) is 84.9 Å². The Balaban J connectivity index is 1.10. The lowest BCUT2D eigenvalue weighted by atomic mass is 9.96. The molecule has 0 unspecified atom stereocenters. The minimum Gasteiger partial charge on any atom is -0.372 e. The predicted octanol–water partition coefficient (Wildman–Crippen LogP) is 5.41. The van der Waals surface area contributed by atoms with Gasteiger partial charge in [0, 0.05) is 63.6 Å². The van der Waals surface area contributed by atoms with Gasteiger partial charge in [-0.25, -0.2) is 0 Å². The second kappa shape index (κ2) is 12.2. The molecule has 5 nitrogen and oxygen atoms in total. The maximum absolute atomic E-state index is 12.6. The Morgan fingerprint density at radius 1 is 0.694 bits per heavy atom. The topological polar surface area (TPSA) is 38.8 Å². The summed E-state index contributed by atoms with van der Waals surface area (Å²) in [6.07, 6.45) is 4.40. The van der Waals surface area contributed by atoms with Crippen LogP contribution in [0.5, 0.6) is 0 Å². The van der Waals surface area contributed by atoms with E-state index in [2.05, 4.69) is 92.8 Å². The molecule has 5 heteroatoms. The standard InChI is InChI=1S/C31H38N4O/c36-30(32-28-14-16-29(17-15-28)34-19-8-3-9-20-34)18-21-33-22-24-35(25-23-33)31(26-10-4-1-5-11-26)27-12-6-2-7-13-27/h1-2,4-7,10-17,31H,3,8-9,18-25H2,(H,32,36). The number of hydrogen-bond acceptors (Lipinski definition) is 4. The van der Waals surface area contributed by atoms with Crippen molar-refractivity contribution >= 4 is 17.3 Å². The Hall–Kier alpha value is -3.15. The highest BCUT2D eigenvalue weighted by Gasteiger charge is 2.26. The molecule has 5 rings (SSSR count). The Kier molecular flexibility index (Phi) is 8.32. The number of nitrogens with zero attached hydrogens (tertiary/aromatic N) is 3. The summed E-state index contributed by atoms with van der Waals surface area (Å²) in [5, 5.41) is 3.09. The molecule has 3 aromatic carbocycles. The van der Waals surface area contributed by atoms with Gasteiger partial charge in [-0.15, -0.1) is 0 Å². The zero-order valence-electron chi connectivity index (χ0n) is 21.2. The molecule has 0 bridgehead atoms. The molecule has 3 aromatic rings. The third-order valence-electron chi connectivity index (χ3n) is 7.53. The number of anilines is 2. The smallest absolute Gasteiger partial charge is 0.225 e. The molecule has 0 aliphatic carbocycles. The molecular formula is C31H38N4O. The lowest BCUT2D eigenvalue weighted by Crippen LogP contribution is -2.48. The molecule has 0 spiro atoms. The van der Waals surface area contributed by atoms with E-state index in [-0.39, 0.29) is 11.9 Å². The van der Waals surface area contributed by atoms with E-state index < -0.39 is 0 Å². The SMILES string of the molecule is O=C(CCN1CCN(C(c2ccccc2)c2ccccc2)CC1)Nc1ccc(N2CCCCC2)cc1. The minimum absolute atomic E-state index is 0.0922. The monoisotopic (exact) mass is 482 g/mol. The lowest BCUT2D eigenvalue weighted by Gasteiger charge is -2.39. The quantitative estimate of drug-likeness (QED) is 0.466. The molecule has 1 amide bonds. The van der Waals surface area contributed by atoms with Gasteiger partial charge in [0.25, 0.3) is 0 Å². The molecule has 1 N–H and O–H groups in total. The van der Waals surface area contributed by atoms with Crippen molar-refractivity contribution < 1.29 is 4.79 Å². The van der Waals surface area contributed by atoms with Crippen LogP contribution in [0, 0.1) is 0 Å². The Bertz CT molecular complexity index is 1030. The average Bonchev–Trinajstić information content (AvgIpc) is 2.95. The number of benzene rings is 3. The van der Waals surface area contributed by atoms with E-state index in [1.165, 1.54) is 36.1 Å². The Morgan fingerprint density at radius 2 is 1.28 bits per heavy atom. The van der Waals surface area contributed by atoms with Crippen LogP contribution >= 0.6 is 0 Å². The summed E-state index contributed by atoms with van der Waals surface area (Å²) >= 11 is 0. The summed E-state index contributed by atoms with van der Waals surface area (Å²) in [5.41, 5.74) is 4.82. The van der Waals surface area contributed by atoms with Crippen LogP contribution in [-0.4, -0.2) is 61.5 Å². The van der Waals surface area contributed by atoms with Gasteiger partial charge in [0.2, 0.25) is 5.91 Å². The first-order valence-corrected chi connectivity index (χ1v) is 13.5. The van der Waals surface area contributed by atoms with Crippen molar-refractivity contribution in [2.45, 2.75) is 31.7 Å². The fourth-order valence-corrected chi connectivity index (χ4v) is 5.52. The van der Waals surface area contributed by atoms with Gasteiger partial charge in [-0.05, 0) is 54.7 Å². The van der Waals surface area contributed by atoms with Crippen molar-refractivity contribution in [2.24, 2.45) is 0 Å². The summed E-state index contributed by atoms with van der Waals surface area (Å²) in [7, 11) is 0. The number of rotatable bonds is 8. The van der Waals surface area contributed by atoms with Crippen molar-refractivity contribution in [1.29, 1.82) is 0 Å². The van der Waals surface area contributed by atoms with E-state index in [1.807, 2.05) is 12.1 Å². The highest BCUT2D eigenvalue weighted by molar-refractivity contribution is 5.91. The molecule has 36 heavy (non-hydrogen) atoms. The summed E-state index contributed by atoms with van der Waals surface area (Å²) in [4.78, 5) is 20.1. The van der Waals surface area contributed by atoms with Gasteiger partial charge in [-0.3, -0.25) is 9.69 Å². The maximum atomic E-state index is 12.6. The normalized spacial score (nSPS) is 17.3. The molecule has 2 saturated heterocycles. The van der Waals surface area contributed by atoms with Crippen molar-refractivity contribution in [2.75, 3.05) is 56.0 Å². The number of piperidine rings is 1. The number of hydrogen-bond donors (Lipinski definition) is 1. The van der Waals surface area contributed by atoms with Gasteiger partial charge in [-0.1, -0.05) is 60.7 Å². The van der Waals surface area contributed by atoms with Crippen LogP contribution < -0.4 is 10.2 Å². The minimum atomic E-state index is 0.0922. The number of amides is 1. The largest absolute Gasteiger partial charge is 0.372 e. The van der Waals surface area contributed by atoms with Crippen LogP contribution in [0.3, 0.4) is 0 Å². The summed E-state index contributed by atoms with van der Waals surface area (Å²) in [5.74, 6) is 0.0922. The number of carbonyl (C=O) groups excluding carboxylic acids is 1. The van der Waals surface area contributed by atoms with Crippen molar-refractivity contribution in [3.05, 3.63) is 96.1 Å². The summed E-state index contributed by atoms with van der Waals surface area (Å²) in [6.45, 7) is 7.02. The lowest BCUT2D eigenvalue weighted by molar-refractivity contribution is -0.116. The van der Waals surface area contributed by atoms with Crippen molar-refractivity contribution in [3.63, 3.8) is 0 Å². The first-order valence-electron chi connectivity index (χ1n) is 13.5. The van der Waals surface area contributed by atoms with E-state index in [0.717, 1.165) is 51.5 Å². The molecule has 0 aromatic heterocycles. The molecule has 0 radical (unpaired) electrons. The van der Waals surface area contributed by atoms with Gasteiger partial charge in [-0.2, -0.15) is 0 Å². The molecule has 0 atom stereocenters. The van der Waals surface area contributed by atoms with E-state index in [4.69, 9.17) is 0 Å². The van der Waals surface area contributed by atoms with Crippen molar-refractivity contribution in [3.8, 4) is 0 Å². The molecule has 2 aliphatic rings. The van der Waals surface area contributed by atoms with E-state index in [9.17, 15) is 4.79 Å². The second-order valence-corrected chi connectivity index (χ2v) is 9.99. The second-order valence-electron chi connectivity index (χ2n) is 9.99. The van der Waals surface area contributed by atoms with Gasteiger partial charge < -0.3 is 15.1 Å². The van der Waals surface area contributed by atoms with Crippen LogP contribution in [-0.2, 0) is 4.79 Å². The van der Waals surface area contributed by atoms with E-state index in [1.54, 1.807) is 0 Å². The highest BCUT2D eigenvalue weighted by atomic mass is 16.1. The van der Waals surface area contributed by atoms with Crippen molar-refractivity contribution in [1.82, 2.24) is 9.80 Å². The van der Waals surface area contributed by atoms with Crippen LogP contribution in [0.1, 0.15) is 42.9 Å². The number of piperazine rings is 1. The van der Waals surface area contributed by atoms with Crippen LogP contribution in [0.2, 0.25) is 0 Å². The third kappa shape index (κ3) is 6.34. The molecular weight excluding hydrogens is 444 g/mol. The zero-order valence-corrected chi connectivity index (χ0v) is 21.2. The molecule has 188 valence electrons. The third-order valence-corrected chi connectivity index (χ3v) is 7.53. The fraction of sp³-hybridized carbons (Fsp3) is 0.387. The van der Waals surface area contributed by atoms with E-state index in [0.29, 0.717) is 6.42 Å². The number of nitrogens with one attached hydrogen (secondary N) is 1. The molecule has 2 aliphatic heterocycles. The molecule has 2 heterocycles. The van der Waals surface area contributed by atoms with Crippen LogP contribution in [0.25, 0.3) is 0 Å². The Labute approximate surface area is 215 Å². The average molecular weight is 483 g/mol. The van der Waals surface area contributed by atoms with E-state index >= 15 is 0 Å². The maximum Gasteiger partial charge on any atom is 0.225 e. The van der Waals surface area contributed by atoms with Crippen LogP contribution in [0.4, 0.5) is 11.4 Å². The fourth-order valence-electron chi connectivity index (χ4n) is 5.52. The molecule has 2 fully saturated rings. The zero-order chi connectivity index (χ0) is 24.6. The Morgan fingerprint density at radius 3 is 1.86 bits per heavy atom. The van der Waals surface area contributed by atoms with Gasteiger partial charge in [0.15, 0.2) is 0 Å². The first kappa shape index (κ1) is 24.5. The molecule has 0 saturated carbocycles. The summed E-state index contributed by atoms with van der Waals surface area (Å²) < 4.78 is 0. The van der Waals surface area contributed by atoms with Gasteiger partial charge in [0.1, 0.15) is 0 Å². The van der Waals surface area contributed by atoms with Gasteiger partial charge >= 0.3 is 0 Å². The summed E-state index contributed by atoms with van der Waals surface area (Å²) in [6, 6.07) is 30.2. The first-order chi connectivity index (χ1) is 17.8. The number of carbonyl (C=O) groups is 1.